The molecule has 1 aliphatic rings. The van der Waals surface area contributed by atoms with E-state index in [2.05, 4.69) is 21.2 Å². The molecule has 4 rings (SSSR count). The van der Waals surface area contributed by atoms with E-state index in [0.717, 1.165) is 14.9 Å². The largest absolute Gasteiger partial charge is 0.493 e. The zero-order chi connectivity index (χ0) is 26.9. The van der Waals surface area contributed by atoms with Gasteiger partial charge in [0.1, 0.15) is 10.5 Å². The summed E-state index contributed by atoms with van der Waals surface area (Å²) in [6.07, 6.45) is 1.21. The second-order valence-corrected chi connectivity index (χ2v) is 10.7. The van der Waals surface area contributed by atoms with Crippen LogP contribution in [0.4, 0.5) is 10.5 Å². The SMILES string of the molecule is COc1cc(/C=C2\C(=O)NC(=O)N(c3ccc(Br)cc3)C2=O)cc(Cl)c1OS(=O)(=O)c1ccc(C)cc1. The van der Waals surface area contributed by atoms with Gasteiger partial charge in [0, 0.05) is 4.47 Å². The molecule has 0 bridgehead atoms. The monoisotopic (exact) mass is 604 g/mol. The number of methoxy groups -OCH3 is 1. The highest BCUT2D eigenvalue weighted by atomic mass is 79.9. The number of imide groups is 2. The van der Waals surface area contributed by atoms with Crippen molar-refractivity contribution in [3.05, 3.63) is 86.9 Å². The Morgan fingerprint density at radius 2 is 1.65 bits per heavy atom. The van der Waals surface area contributed by atoms with E-state index >= 15 is 0 Å². The van der Waals surface area contributed by atoms with Crippen molar-refractivity contribution in [1.29, 1.82) is 0 Å². The molecule has 1 N–H and O–H groups in total. The van der Waals surface area contributed by atoms with Crippen LogP contribution in [-0.4, -0.2) is 33.4 Å². The Hall–Kier alpha value is -3.67. The van der Waals surface area contributed by atoms with Crippen molar-refractivity contribution >= 4 is 67.3 Å². The van der Waals surface area contributed by atoms with E-state index < -0.39 is 28.0 Å². The molecule has 0 aromatic heterocycles. The van der Waals surface area contributed by atoms with Crippen LogP contribution in [-0.2, 0) is 19.7 Å². The zero-order valence-electron chi connectivity index (χ0n) is 19.3. The lowest BCUT2D eigenvalue weighted by molar-refractivity contribution is -0.122. The fraction of sp³-hybridized carbons (Fsp3) is 0.0800. The fourth-order valence-corrected chi connectivity index (χ4v) is 4.94. The maximum atomic E-state index is 13.1. The van der Waals surface area contributed by atoms with E-state index in [-0.39, 0.29) is 38.2 Å². The highest BCUT2D eigenvalue weighted by Gasteiger charge is 2.37. The standard InChI is InChI=1S/C25H18BrClN2O7S/c1-14-3-9-18(10-4-14)37(33,34)36-22-20(27)12-15(13-21(22)35-2)11-19-23(30)28-25(32)29(24(19)31)17-7-5-16(26)6-8-17/h3-13H,1-2H3,(H,28,30,32)/b19-11+. The van der Waals surface area contributed by atoms with Crippen molar-refractivity contribution in [2.75, 3.05) is 12.0 Å². The van der Waals surface area contributed by atoms with Crippen LogP contribution >= 0.6 is 27.5 Å². The molecule has 4 amide bonds. The third kappa shape index (κ3) is 5.53. The first-order valence-electron chi connectivity index (χ1n) is 10.6. The summed E-state index contributed by atoms with van der Waals surface area (Å²) >= 11 is 9.62. The number of hydrogen-bond donors (Lipinski definition) is 1. The molecule has 0 unspecified atom stereocenters. The highest BCUT2D eigenvalue weighted by Crippen LogP contribution is 2.39. The van der Waals surface area contributed by atoms with Gasteiger partial charge in [0.15, 0.2) is 5.75 Å². The van der Waals surface area contributed by atoms with E-state index in [1.807, 2.05) is 6.92 Å². The highest BCUT2D eigenvalue weighted by molar-refractivity contribution is 9.10. The van der Waals surface area contributed by atoms with Crippen LogP contribution in [0.2, 0.25) is 5.02 Å². The first-order valence-corrected chi connectivity index (χ1v) is 13.1. The Kier molecular flexibility index (Phi) is 7.39. The summed E-state index contributed by atoms with van der Waals surface area (Å²) in [4.78, 5) is 38.7. The third-order valence-corrected chi connectivity index (χ3v) is 7.30. The number of halogens is 2. The number of barbiturate groups is 1. The Morgan fingerprint density at radius 3 is 2.27 bits per heavy atom. The normalized spacial score (nSPS) is 15.1. The van der Waals surface area contributed by atoms with Crippen molar-refractivity contribution in [2.24, 2.45) is 0 Å². The second kappa shape index (κ2) is 10.4. The van der Waals surface area contributed by atoms with Gasteiger partial charge in [0.2, 0.25) is 5.75 Å². The van der Waals surface area contributed by atoms with Gasteiger partial charge in [-0.25, -0.2) is 9.69 Å². The summed E-state index contributed by atoms with van der Waals surface area (Å²) in [6.45, 7) is 1.82. The maximum Gasteiger partial charge on any atom is 0.339 e. The summed E-state index contributed by atoms with van der Waals surface area (Å²) < 4.78 is 36.8. The minimum absolute atomic E-state index is 0.0560. The predicted molar refractivity (Wildman–Crippen MR) is 140 cm³/mol. The molecule has 0 spiro atoms. The average Bonchev–Trinajstić information content (AvgIpc) is 2.84. The van der Waals surface area contributed by atoms with Crippen molar-refractivity contribution < 1.29 is 31.7 Å². The van der Waals surface area contributed by atoms with Crippen LogP contribution in [0.25, 0.3) is 6.08 Å². The molecule has 0 saturated carbocycles. The number of anilines is 1. The lowest BCUT2D eigenvalue weighted by atomic mass is 10.1. The first-order chi connectivity index (χ1) is 17.5. The third-order valence-electron chi connectivity index (χ3n) is 5.25. The molecule has 12 heteroatoms. The van der Waals surface area contributed by atoms with Crippen LogP contribution in [0.5, 0.6) is 11.5 Å². The summed E-state index contributed by atoms with van der Waals surface area (Å²) in [5, 5.41) is 1.98. The van der Waals surface area contributed by atoms with Crippen molar-refractivity contribution in [1.82, 2.24) is 5.32 Å². The van der Waals surface area contributed by atoms with Gasteiger partial charge in [-0.2, -0.15) is 8.42 Å². The van der Waals surface area contributed by atoms with Gasteiger partial charge in [-0.05, 0) is 67.1 Å². The Balaban J connectivity index is 1.69. The summed E-state index contributed by atoms with van der Waals surface area (Å²) in [7, 11) is -2.96. The number of benzene rings is 3. The molecule has 1 heterocycles. The van der Waals surface area contributed by atoms with Gasteiger partial charge < -0.3 is 8.92 Å². The lowest BCUT2D eigenvalue weighted by Crippen LogP contribution is -2.54. The number of amides is 4. The van der Waals surface area contributed by atoms with Gasteiger partial charge in [0.25, 0.3) is 11.8 Å². The molecule has 190 valence electrons. The number of nitrogens with one attached hydrogen (secondary N) is 1. The van der Waals surface area contributed by atoms with Gasteiger partial charge in [-0.15, -0.1) is 0 Å². The van der Waals surface area contributed by atoms with E-state index in [4.69, 9.17) is 20.5 Å². The topological polar surface area (TPSA) is 119 Å². The molecule has 9 nitrogen and oxygen atoms in total. The molecule has 37 heavy (non-hydrogen) atoms. The smallest absolute Gasteiger partial charge is 0.339 e. The quantitative estimate of drug-likeness (QED) is 0.242. The van der Waals surface area contributed by atoms with Crippen LogP contribution in [0, 0.1) is 6.92 Å². The number of aryl methyl sites for hydroxylation is 1. The predicted octanol–water partition coefficient (Wildman–Crippen LogP) is 4.85. The molecule has 3 aromatic carbocycles. The fourth-order valence-electron chi connectivity index (χ4n) is 3.42. The molecular weight excluding hydrogens is 588 g/mol. The molecular formula is C25H18BrClN2O7S. The summed E-state index contributed by atoms with van der Waals surface area (Å²) in [5.74, 6) is -2.08. The summed E-state index contributed by atoms with van der Waals surface area (Å²) in [6, 6.07) is 14.2. The number of nitrogens with zero attached hydrogens (tertiary/aromatic N) is 1. The number of carbonyl (C=O) groups excluding carboxylic acids is 3. The van der Waals surface area contributed by atoms with Gasteiger partial charge in [0.05, 0.1) is 17.8 Å². The van der Waals surface area contributed by atoms with E-state index in [9.17, 15) is 22.8 Å². The second-order valence-electron chi connectivity index (χ2n) is 7.82. The van der Waals surface area contributed by atoms with Crippen molar-refractivity contribution in [2.45, 2.75) is 11.8 Å². The Labute approximate surface area is 225 Å². The first kappa shape index (κ1) is 26.4. The van der Waals surface area contributed by atoms with Crippen LogP contribution in [0.3, 0.4) is 0 Å². The average molecular weight is 606 g/mol. The maximum absolute atomic E-state index is 13.1. The minimum atomic E-state index is -4.24. The zero-order valence-corrected chi connectivity index (χ0v) is 22.5. The van der Waals surface area contributed by atoms with Crippen molar-refractivity contribution in [3.8, 4) is 11.5 Å². The Bertz CT molecular complexity index is 1550. The van der Waals surface area contributed by atoms with Crippen LogP contribution in [0.15, 0.2) is 75.6 Å². The number of ether oxygens (including phenoxy) is 1. The molecule has 1 saturated heterocycles. The van der Waals surface area contributed by atoms with Crippen LogP contribution in [0.1, 0.15) is 11.1 Å². The molecule has 3 aromatic rings. The number of hydrogen-bond acceptors (Lipinski definition) is 7. The van der Waals surface area contributed by atoms with Gasteiger partial charge >= 0.3 is 16.1 Å². The molecule has 0 radical (unpaired) electrons. The molecule has 0 atom stereocenters. The summed E-state index contributed by atoms with van der Waals surface area (Å²) in [5.41, 5.74) is 1.01. The van der Waals surface area contributed by atoms with E-state index in [1.165, 1.54) is 49.6 Å². The van der Waals surface area contributed by atoms with Gasteiger partial charge in [-0.3, -0.25) is 14.9 Å². The number of carbonyl (C=O) groups is 3. The van der Waals surface area contributed by atoms with E-state index in [0.29, 0.717) is 0 Å². The minimum Gasteiger partial charge on any atom is -0.493 e. The number of urea groups is 1. The molecule has 0 aliphatic carbocycles. The number of rotatable bonds is 6. The molecule has 1 aliphatic heterocycles. The Morgan fingerprint density at radius 1 is 1.00 bits per heavy atom. The lowest BCUT2D eigenvalue weighted by Gasteiger charge is -2.26. The van der Waals surface area contributed by atoms with Crippen molar-refractivity contribution in [3.63, 3.8) is 0 Å². The van der Waals surface area contributed by atoms with Crippen LogP contribution < -0.4 is 19.1 Å². The van der Waals surface area contributed by atoms with E-state index in [1.54, 1.807) is 24.3 Å². The molecule has 1 fully saturated rings. The van der Waals surface area contributed by atoms with Gasteiger partial charge in [-0.1, -0.05) is 45.2 Å².